The van der Waals surface area contributed by atoms with E-state index in [9.17, 15) is 5.11 Å². The van der Waals surface area contributed by atoms with Crippen molar-refractivity contribution in [3.05, 3.63) is 29.8 Å². The molecule has 2 atom stereocenters. The summed E-state index contributed by atoms with van der Waals surface area (Å²) in [4.78, 5) is 0. The first-order valence-corrected chi connectivity index (χ1v) is 7.66. The van der Waals surface area contributed by atoms with E-state index >= 15 is 0 Å². The minimum absolute atomic E-state index is 0.351. The molecule has 2 unspecified atom stereocenters. The van der Waals surface area contributed by atoms with Crippen molar-refractivity contribution >= 4 is 11.8 Å². The van der Waals surface area contributed by atoms with Crippen LogP contribution in [0.4, 0.5) is 0 Å². The number of hydrogen-bond donors (Lipinski definition) is 1. The van der Waals surface area contributed by atoms with Crippen LogP contribution in [0.3, 0.4) is 0 Å². The van der Waals surface area contributed by atoms with Crippen LogP contribution in [0.2, 0.25) is 0 Å². The van der Waals surface area contributed by atoms with Gasteiger partial charge in [0, 0.05) is 5.25 Å². The Balaban J connectivity index is 1.93. The molecule has 2 rings (SSSR count). The third-order valence-electron chi connectivity index (χ3n) is 3.88. The molecular weight excluding hydrogens is 244 g/mol. The lowest BCUT2D eigenvalue weighted by atomic mass is 9.87. The Kier molecular flexibility index (Phi) is 4.57. The number of benzene rings is 1. The van der Waals surface area contributed by atoms with Gasteiger partial charge in [0.2, 0.25) is 0 Å². The molecule has 100 valence electrons. The minimum Gasteiger partial charge on any atom is -0.497 e. The van der Waals surface area contributed by atoms with Gasteiger partial charge in [-0.1, -0.05) is 19.1 Å². The summed E-state index contributed by atoms with van der Waals surface area (Å²) in [6.45, 7) is 2.15. The highest BCUT2D eigenvalue weighted by Crippen LogP contribution is 2.37. The number of hydrogen-bond acceptors (Lipinski definition) is 3. The lowest BCUT2D eigenvalue weighted by Gasteiger charge is -2.37. The quantitative estimate of drug-likeness (QED) is 0.907. The summed E-state index contributed by atoms with van der Waals surface area (Å²) in [6.07, 6.45) is 3.87. The maximum atomic E-state index is 10.7. The molecule has 1 fully saturated rings. The maximum absolute atomic E-state index is 10.7. The monoisotopic (exact) mass is 266 g/mol. The van der Waals surface area contributed by atoms with E-state index in [1.807, 2.05) is 23.9 Å². The molecule has 1 aromatic carbocycles. The number of aliphatic hydroxyl groups is 1. The second-order valence-corrected chi connectivity index (χ2v) is 6.52. The molecule has 1 saturated heterocycles. The Morgan fingerprint density at radius 2 is 2.11 bits per heavy atom. The molecule has 1 aliphatic rings. The second kappa shape index (κ2) is 5.98. The summed E-state index contributed by atoms with van der Waals surface area (Å²) in [6, 6.07) is 8.14. The van der Waals surface area contributed by atoms with Gasteiger partial charge in [0.05, 0.1) is 12.7 Å². The van der Waals surface area contributed by atoms with Crippen LogP contribution in [0.5, 0.6) is 5.75 Å². The van der Waals surface area contributed by atoms with Crippen molar-refractivity contribution < 1.29 is 9.84 Å². The molecular formula is C15H22O2S. The molecule has 0 saturated carbocycles. The first-order valence-electron chi connectivity index (χ1n) is 6.61. The van der Waals surface area contributed by atoms with Crippen LogP contribution in [0.15, 0.2) is 24.3 Å². The van der Waals surface area contributed by atoms with Crippen LogP contribution >= 0.6 is 11.8 Å². The van der Waals surface area contributed by atoms with Crippen LogP contribution < -0.4 is 4.74 Å². The third kappa shape index (κ3) is 3.21. The molecule has 18 heavy (non-hydrogen) atoms. The molecule has 2 nitrogen and oxygen atoms in total. The van der Waals surface area contributed by atoms with Crippen LogP contribution in [-0.2, 0) is 6.42 Å². The number of methoxy groups -OCH3 is 1. The van der Waals surface area contributed by atoms with Gasteiger partial charge in [-0.3, -0.25) is 0 Å². The number of rotatable bonds is 4. The second-order valence-electron chi connectivity index (χ2n) is 5.07. The Labute approximate surface area is 114 Å². The van der Waals surface area contributed by atoms with Crippen molar-refractivity contribution in [1.29, 1.82) is 0 Å². The number of thioether (sulfide) groups is 1. The van der Waals surface area contributed by atoms with Gasteiger partial charge >= 0.3 is 0 Å². The van der Waals surface area contributed by atoms with Gasteiger partial charge in [-0.25, -0.2) is 0 Å². The summed E-state index contributed by atoms with van der Waals surface area (Å²) >= 11 is 1.90. The molecule has 0 aromatic heterocycles. The van der Waals surface area contributed by atoms with Crippen molar-refractivity contribution in [2.24, 2.45) is 0 Å². The average molecular weight is 266 g/mol. The van der Waals surface area contributed by atoms with Crippen molar-refractivity contribution in [2.45, 2.75) is 43.5 Å². The fraction of sp³-hybridized carbons (Fsp3) is 0.600. The molecule has 1 aliphatic heterocycles. The zero-order valence-corrected chi connectivity index (χ0v) is 12.0. The van der Waals surface area contributed by atoms with Gasteiger partial charge in [0.15, 0.2) is 0 Å². The van der Waals surface area contributed by atoms with E-state index in [0.717, 1.165) is 31.4 Å². The standard InChI is InChI=1S/C15H22O2S/c1-12-15(16,9-3-11-18-12)10-8-13-4-6-14(17-2)7-5-13/h4-7,12,16H,3,8-11H2,1-2H3. The zero-order valence-electron chi connectivity index (χ0n) is 11.2. The minimum atomic E-state index is -0.483. The fourth-order valence-corrected chi connectivity index (χ4v) is 3.69. The Bertz CT molecular complexity index is 377. The first kappa shape index (κ1) is 13.8. The summed E-state index contributed by atoms with van der Waals surface area (Å²) in [5.41, 5.74) is 0.787. The van der Waals surface area contributed by atoms with Gasteiger partial charge in [0.1, 0.15) is 5.75 Å². The van der Waals surface area contributed by atoms with Crippen LogP contribution in [0.1, 0.15) is 31.7 Å². The molecule has 1 N–H and O–H groups in total. The topological polar surface area (TPSA) is 29.5 Å². The highest BCUT2D eigenvalue weighted by Gasteiger charge is 2.35. The predicted molar refractivity (Wildman–Crippen MR) is 77.4 cm³/mol. The number of aryl methyl sites for hydroxylation is 1. The highest BCUT2D eigenvalue weighted by atomic mass is 32.2. The Hall–Kier alpha value is -0.670. The third-order valence-corrected chi connectivity index (χ3v) is 5.35. The molecule has 1 heterocycles. The molecule has 0 bridgehead atoms. The van der Waals surface area contributed by atoms with E-state index in [2.05, 4.69) is 19.1 Å². The molecule has 0 amide bonds. The van der Waals surface area contributed by atoms with Gasteiger partial charge in [-0.05, 0) is 49.1 Å². The summed E-state index contributed by atoms with van der Waals surface area (Å²) < 4.78 is 5.15. The first-order chi connectivity index (χ1) is 8.64. The fourth-order valence-electron chi connectivity index (χ4n) is 2.48. The van der Waals surface area contributed by atoms with Crippen molar-refractivity contribution in [3.8, 4) is 5.75 Å². The van der Waals surface area contributed by atoms with E-state index in [-0.39, 0.29) is 0 Å². The van der Waals surface area contributed by atoms with Gasteiger partial charge in [0.25, 0.3) is 0 Å². The SMILES string of the molecule is COc1ccc(CCC2(O)CCCSC2C)cc1. The lowest BCUT2D eigenvalue weighted by molar-refractivity contribution is 0.0212. The van der Waals surface area contributed by atoms with Crippen LogP contribution in [-0.4, -0.2) is 28.8 Å². The maximum Gasteiger partial charge on any atom is 0.118 e. The summed E-state index contributed by atoms with van der Waals surface area (Å²) in [5, 5.41) is 11.0. The lowest BCUT2D eigenvalue weighted by Crippen LogP contribution is -2.42. The molecule has 1 aromatic rings. The van der Waals surface area contributed by atoms with Crippen molar-refractivity contribution in [2.75, 3.05) is 12.9 Å². The van der Waals surface area contributed by atoms with Crippen LogP contribution in [0.25, 0.3) is 0 Å². The Morgan fingerprint density at radius 3 is 2.72 bits per heavy atom. The summed E-state index contributed by atoms with van der Waals surface area (Å²) in [5.74, 6) is 2.07. The van der Waals surface area contributed by atoms with Gasteiger partial charge < -0.3 is 9.84 Å². The van der Waals surface area contributed by atoms with E-state index in [1.54, 1.807) is 7.11 Å². The van der Waals surface area contributed by atoms with Crippen molar-refractivity contribution in [3.63, 3.8) is 0 Å². The van der Waals surface area contributed by atoms with E-state index in [1.165, 1.54) is 11.3 Å². The van der Waals surface area contributed by atoms with Crippen molar-refractivity contribution in [1.82, 2.24) is 0 Å². The molecule has 0 aliphatic carbocycles. The number of ether oxygens (including phenoxy) is 1. The van der Waals surface area contributed by atoms with E-state index in [0.29, 0.717) is 5.25 Å². The van der Waals surface area contributed by atoms with Gasteiger partial charge in [-0.2, -0.15) is 11.8 Å². The molecule has 0 spiro atoms. The predicted octanol–water partition coefficient (Wildman–Crippen LogP) is 3.27. The normalized spacial score (nSPS) is 28.1. The average Bonchev–Trinajstić information content (AvgIpc) is 2.41. The summed E-state index contributed by atoms with van der Waals surface area (Å²) in [7, 11) is 1.68. The van der Waals surface area contributed by atoms with Crippen LogP contribution in [0, 0.1) is 0 Å². The zero-order chi connectivity index (χ0) is 13.0. The highest BCUT2D eigenvalue weighted by molar-refractivity contribution is 8.00. The van der Waals surface area contributed by atoms with Gasteiger partial charge in [-0.15, -0.1) is 0 Å². The van der Waals surface area contributed by atoms with E-state index < -0.39 is 5.60 Å². The molecule has 0 radical (unpaired) electrons. The Morgan fingerprint density at radius 1 is 1.39 bits per heavy atom. The molecule has 3 heteroatoms. The smallest absolute Gasteiger partial charge is 0.118 e. The largest absolute Gasteiger partial charge is 0.497 e. The van der Waals surface area contributed by atoms with E-state index in [4.69, 9.17) is 4.74 Å².